The second-order valence-corrected chi connectivity index (χ2v) is 28.3. The van der Waals surface area contributed by atoms with E-state index in [1.54, 1.807) is 0 Å². The van der Waals surface area contributed by atoms with Crippen LogP contribution in [0.4, 0.5) is 0 Å². The Balaban J connectivity index is 0. The van der Waals surface area contributed by atoms with E-state index >= 15 is 0 Å². The summed E-state index contributed by atoms with van der Waals surface area (Å²) < 4.78 is 2.83. The van der Waals surface area contributed by atoms with Gasteiger partial charge in [-0.3, -0.25) is 0 Å². The SMILES string of the molecule is Cl.Cl.Cl.NCCCNCC[S][Ge]12[S]CC[N]1CC[S]2. The van der Waals surface area contributed by atoms with Crippen LogP contribution in [0.5, 0.6) is 0 Å². The molecule has 3 N–H and O–H groups in total. The number of fused-ring (bicyclic) bond motifs is 1. The van der Waals surface area contributed by atoms with E-state index in [2.05, 4.69) is 39.4 Å². The summed E-state index contributed by atoms with van der Waals surface area (Å²) in [6.45, 7) is 5.78. The summed E-state index contributed by atoms with van der Waals surface area (Å²) >= 11 is 0. The molecule has 3 nitrogen and oxygen atoms in total. The van der Waals surface area contributed by atoms with Crippen LogP contribution in [-0.2, 0) is 0 Å². The topological polar surface area (TPSA) is 41.3 Å². The van der Waals surface area contributed by atoms with Crippen molar-refractivity contribution in [2.45, 2.75) is 6.42 Å². The van der Waals surface area contributed by atoms with Crippen LogP contribution in [0, 0.1) is 0 Å². The quantitative estimate of drug-likeness (QED) is 0.459. The average molecular weight is 449 g/mol. The summed E-state index contributed by atoms with van der Waals surface area (Å²) in [7, 11) is 5.27. The van der Waals surface area contributed by atoms with Gasteiger partial charge in [0, 0.05) is 0 Å². The Morgan fingerprint density at radius 2 is 1.74 bits per heavy atom. The van der Waals surface area contributed by atoms with Crippen molar-refractivity contribution in [2.75, 3.05) is 50.0 Å². The number of hydrogen-bond acceptors (Lipinski definition) is 6. The summed E-state index contributed by atoms with van der Waals surface area (Å²) in [5.41, 5.74) is 5.46. The van der Waals surface area contributed by atoms with Gasteiger partial charge >= 0.3 is 112 Å². The Kier molecular flexibility index (Phi) is 16.0. The van der Waals surface area contributed by atoms with Gasteiger partial charge in [-0.2, -0.15) is 0 Å². The van der Waals surface area contributed by atoms with Crippen molar-refractivity contribution < 1.29 is 0 Å². The zero-order valence-corrected chi connectivity index (χ0v) is 17.8. The monoisotopic (exact) mass is 449 g/mol. The van der Waals surface area contributed by atoms with Gasteiger partial charge in [-0.05, 0) is 0 Å². The molecule has 10 heteroatoms. The zero-order valence-electron chi connectivity index (χ0n) is 10.8. The number of hydrogen-bond donors (Lipinski definition) is 2. The van der Waals surface area contributed by atoms with Gasteiger partial charge in [0.25, 0.3) is 0 Å². The van der Waals surface area contributed by atoms with Crippen LogP contribution in [0.25, 0.3) is 0 Å². The van der Waals surface area contributed by atoms with Crippen LogP contribution < -0.4 is 11.1 Å². The maximum atomic E-state index is 5.46. The van der Waals surface area contributed by atoms with Crippen LogP contribution >= 0.6 is 67.5 Å². The molecule has 0 amide bonds. The van der Waals surface area contributed by atoms with Gasteiger partial charge in [0.15, 0.2) is 0 Å². The second kappa shape index (κ2) is 12.8. The van der Waals surface area contributed by atoms with Gasteiger partial charge in [-0.15, -0.1) is 37.2 Å². The summed E-state index contributed by atoms with van der Waals surface area (Å²) in [5.74, 6) is 4.07. The molecular formula is C9H24Cl3GeN3S3. The van der Waals surface area contributed by atoms with E-state index in [1.807, 2.05) is 0 Å². The van der Waals surface area contributed by atoms with Gasteiger partial charge < -0.3 is 0 Å². The molecule has 0 aromatic carbocycles. The summed E-state index contributed by atoms with van der Waals surface area (Å²) in [4.78, 5) is 0. The molecule has 0 radical (unpaired) electrons. The third kappa shape index (κ3) is 6.97. The fourth-order valence-corrected chi connectivity index (χ4v) is 32.9. The molecule has 2 aliphatic heterocycles. The number of rotatable bonds is 7. The molecule has 0 spiro atoms. The first-order chi connectivity index (χ1) is 7.87. The van der Waals surface area contributed by atoms with Crippen LogP contribution in [0.15, 0.2) is 0 Å². The predicted molar refractivity (Wildman–Crippen MR) is 103 cm³/mol. The van der Waals surface area contributed by atoms with Crippen molar-refractivity contribution in [1.29, 1.82) is 0 Å². The molecule has 0 saturated carbocycles. The van der Waals surface area contributed by atoms with E-state index in [1.165, 1.54) is 30.3 Å². The van der Waals surface area contributed by atoms with Crippen LogP contribution in [0.3, 0.4) is 0 Å². The zero-order chi connectivity index (χ0) is 11.3. The van der Waals surface area contributed by atoms with Crippen LogP contribution in [-0.4, -0.2) is 63.9 Å². The first-order valence-corrected chi connectivity index (χ1v) is 17.6. The molecule has 0 bridgehead atoms. The predicted octanol–water partition coefficient (Wildman–Crippen LogP) is 2.15. The molecule has 2 rings (SSSR count). The Hall–Kier alpha value is 2.34. The van der Waals surface area contributed by atoms with E-state index in [4.69, 9.17) is 5.73 Å². The van der Waals surface area contributed by atoms with Gasteiger partial charge in [0.2, 0.25) is 0 Å². The van der Waals surface area contributed by atoms with E-state index in [0.29, 0.717) is 0 Å². The van der Waals surface area contributed by atoms with Crippen LogP contribution in [0.2, 0.25) is 0 Å². The fourth-order valence-electron chi connectivity index (χ4n) is 1.96. The van der Waals surface area contributed by atoms with E-state index in [0.717, 1.165) is 26.1 Å². The summed E-state index contributed by atoms with van der Waals surface area (Å²) in [6, 6.07) is 0. The van der Waals surface area contributed by atoms with Crippen LogP contribution in [0.1, 0.15) is 6.42 Å². The minimum absolute atomic E-state index is 0. The van der Waals surface area contributed by atoms with Gasteiger partial charge in [0.1, 0.15) is 0 Å². The van der Waals surface area contributed by atoms with Crippen molar-refractivity contribution in [3.8, 4) is 0 Å². The summed E-state index contributed by atoms with van der Waals surface area (Å²) in [5, 5.41) is 3.48. The molecule has 118 valence electrons. The molecule has 2 aliphatic rings. The number of nitrogens with one attached hydrogen (secondary N) is 1. The summed E-state index contributed by atoms with van der Waals surface area (Å²) in [6.07, 6.45) is 1.10. The Bertz CT molecular complexity index is 222. The van der Waals surface area contributed by atoms with Gasteiger partial charge in [-0.1, -0.05) is 0 Å². The molecule has 2 heterocycles. The normalized spacial score (nSPS) is 20.1. The second-order valence-electron chi connectivity index (χ2n) is 3.95. The minimum atomic E-state index is -1.68. The standard InChI is InChI=1S/C9H21GeN3S3.3ClH/c11-2-1-3-12-4-7-14-10-13(5-8-15-10)6-9-16-10;;;/h12H,1-9,11H2;3*1H. The fraction of sp³-hybridized carbons (Fsp3) is 1.00. The number of nitrogens with zero attached hydrogens (tertiary/aromatic N) is 1. The van der Waals surface area contributed by atoms with Crippen molar-refractivity contribution >= 4 is 77.5 Å². The maximum absolute atomic E-state index is 5.46. The molecule has 0 aliphatic carbocycles. The van der Waals surface area contributed by atoms with Gasteiger partial charge in [0.05, 0.1) is 0 Å². The molecule has 0 aromatic heterocycles. The third-order valence-corrected chi connectivity index (χ3v) is 33.4. The average Bonchev–Trinajstić information content (AvgIpc) is 2.82. The van der Waals surface area contributed by atoms with Crippen molar-refractivity contribution in [3.05, 3.63) is 0 Å². The van der Waals surface area contributed by atoms with Crippen molar-refractivity contribution in [3.63, 3.8) is 0 Å². The van der Waals surface area contributed by atoms with Crippen molar-refractivity contribution in [1.82, 2.24) is 9.17 Å². The van der Waals surface area contributed by atoms with E-state index in [-0.39, 0.29) is 37.2 Å². The molecule has 2 saturated heterocycles. The molecular weight excluding hydrogens is 425 g/mol. The Labute approximate surface area is 148 Å². The Morgan fingerprint density at radius 3 is 2.32 bits per heavy atom. The van der Waals surface area contributed by atoms with Crippen molar-refractivity contribution in [2.24, 2.45) is 5.73 Å². The molecule has 0 aromatic rings. The number of halogens is 3. The third-order valence-electron chi connectivity index (χ3n) is 2.80. The molecule has 2 fully saturated rings. The number of nitrogens with two attached hydrogens (primary N) is 1. The van der Waals surface area contributed by atoms with E-state index in [9.17, 15) is 0 Å². The first kappa shape index (κ1) is 23.6. The molecule has 0 atom stereocenters. The Morgan fingerprint density at radius 1 is 1.11 bits per heavy atom. The molecule has 19 heavy (non-hydrogen) atoms. The molecule has 0 unspecified atom stereocenters. The van der Waals surface area contributed by atoms with E-state index < -0.39 is 10.1 Å². The van der Waals surface area contributed by atoms with Gasteiger partial charge in [-0.25, -0.2) is 0 Å². The first-order valence-electron chi connectivity index (χ1n) is 5.95.